The predicted molar refractivity (Wildman–Crippen MR) is 77.3 cm³/mol. The Balaban J connectivity index is 2.58. The molecule has 1 rings (SSSR count). The lowest BCUT2D eigenvalue weighted by atomic mass is 10.0. The maximum Gasteiger partial charge on any atom is 0.239 e. The number of amides is 1. The van der Waals surface area contributed by atoms with Gasteiger partial charge in [-0.2, -0.15) is 0 Å². The van der Waals surface area contributed by atoms with E-state index in [1.807, 2.05) is 14.0 Å². The van der Waals surface area contributed by atoms with Crippen molar-refractivity contribution >= 4 is 5.91 Å². The van der Waals surface area contributed by atoms with E-state index in [1.165, 1.54) is 0 Å². The molecule has 1 atom stereocenters. The van der Waals surface area contributed by atoms with Gasteiger partial charge in [-0.1, -0.05) is 0 Å². The van der Waals surface area contributed by atoms with Gasteiger partial charge in [-0.15, -0.1) is 0 Å². The van der Waals surface area contributed by atoms with Crippen molar-refractivity contribution in [2.45, 2.75) is 32.4 Å². The molecule has 0 aromatic carbocycles. The first-order chi connectivity index (χ1) is 8.75. The average molecular weight is 271 g/mol. The van der Waals surface area contributed by atoms with Gasteiger partial charge in [0.1, 0.15) is 0 Å². The van der Waals surface area contributed by atoms with E-state index in [9.17, 15) is 4.79 Å². The molecule has 1 aliphatic heterocycles. The Morgan fingerprint density at radius 2 is 1.79 bits per heavy atom. The lowest BCUT2D eigenvalue weighted by Crippen LogP contribution is -2.57. The highest BCUT2D eigenvalue weighted by atomic mass is 16.5. The molecule has 0 aliphatic carbocycles. The Labute approximate surface area is 117 Å². The summed E-state index contributed by atoms with van der Waals surface area (Å²) >= 11 is 0. The van der Waals surface area contributed by atoms with E-state index in [1.54, 1.807) is 19.0 Å². The van der Waals surface area contributed by atoms with Crippen LogP contribution in [0.4, 0.5) is 0 Å². The second-order valence-electron chi connectivity index (χ2n) is 6.24. The first-order valence-electron chi connectivity index (χ1n) is 7.00. The fourth-order valence-electron chi connectivity index (χ4n) is 2.58. The fourth-order valence-corrected chi connectivity index (χ4v) is 2.58. The molecule has 1 amide bonds. The number of rotatable bonds is 5. The molecule has 0 radical (unpaired) electrons. The second kappa shape index (κ2) is 6.68. The summed E-state index contributed by atoms with van der Waals surface area (Å²) in [5.41, 5.74) is 0.0549. The lowest BCUT2D eigenvalue weighted by molar-refractivity contribution is -0.134. The van der Waals surface area contributed by atoms with Crippen LogP contribution in [0.1, 0.15) is 20.8 Å². The summed E-state index contributed by atoms with van der Waals surface area (Å²) in [4.78, 5) is 18.2. The Morgan fingerprint density at radius 3 is 2.26 bits per heavy atom. The van der Waals surface area contributed by atoms with E-state index in [0.717, 1.165) is 32.8 Å². The summed E-state index contributed by atoms with van der Waals surface area (Å²) in [5, 5.41) is 0. The monoisotopic (exact) mass is 271 g/mol. The van der Waals surface area contributed by atoms with Crippen LogP contribution < -0.4 is 0 Å². The Bertz CT molecular complexity index is 299. The van der Waals surface area contributed by atoms with Crippen molar-refractivity contribution in [2.24, 2.45) is 0 Å². The molecule has 0 saturated carbocycles. The number of hydrogen-bond donors (Lipinski definition) is 0. The Hall–Kier alpha value is -0.650. The SMILES string of the molecule is C[C@@H](C(=O)N(C)C)N(C)CC(C)(C)N1CCOCC1. The molecule has 5 nitrogen and oxygen atoms in total. The first-order valence-corrected chi connectivity index (χ1v) is 7.00. The maximum absolute atomic E-state index is 12.0. The van der Waals surface area contributed by atoms with Crippen LogP contribution >= 0.6 is 0 Å². The number of carbonyl (C=O) groups is 1. The smallest absolute Gasteiger partial charge is 0.239 e. The van der Waals surface area contributed by atoms with Gasteiger partial charge in [-0.25, -0.2) is 0 Å². The van der Waals surface area contributed by atoms with Gasteiger partial charge in [0.25, 0.3) is 0 Å². The molecule has 1 heterocycles. The maximum atomic E-state index is 12.0. The molecule has 5 heteroatoms. The third-order valence-corrected chi connectivity index (χ3v) is 3.96. The third-order valence-electron chi connectivity index (χ3n) is 3.96. The molecule has 0 unspecified atom stereocenters. The van der Waals surface area contributed by atoms with E-state index in [0.29, 0.717) is 0 Å². The molecule has 1 fully saturated rings. The largest absolute Gasteiger partial charge is 0.379 e. The summed E-state index contributed by atoms with van der Waals surface area (Å²) < 4.78 is 5.40. The molecule has 1 saturated heterocycles. The van der Waals surface area contributed by atoms with Crippen molar-refractivity contribution in [3.63, 3.8) is 0 Å². The Morgan fingerprint density at radius 1 is 1.26 bits per heavy atom. The van der Waals surface area contributed by atoms with Crippen molar-refractivity contribution < 1.29 is 9.53 Å². The Kier molecular flexibility index (Phi) is 5.77. The van der Waals surface area contributed by atoms with Crippen molar-refractivity contribution in [1.29, 1.82) is 0 Å². The van der Waals surface area contributed by atoms with E-state index in [2.05, 4.69) is 23.6 Å². The summed E-state index contributed by atoms with van der Waals surface area (Å²) in [6.07, 6.45) is 0. The number of hydrogen-bond acceptors (Lipinski definition) is 4. The van der Waals surface area contributed by atoms with Crippen molar-refractivity contribution in [3.8, 4) is 0 Å². The summed E-state index contributed by atoms with van der Waals surface area (Å²) in [7, 11) is 5.63. The minimum absolute atomic E-state index is 0.0549. The number of carbonyl (C=O) groups excluding carboxylic acids is 1. The van der Waals surface area contributed by atoms with Crippen molar-refractivity contribution in [3.05, 3.63) is 0 Å². The minimum atomic E-state index is -0.0877. The van der Waals surface area contributed by atoms with Gasteiger partial charge in [0.2, 0.25) is 5.91 Å². The molecule has 19 heavy (non-hydrogen) atoms. The van der Waals surface area contributed by atoms with Gasteiger partial charge in [-0.3, -0.25) is 14.6 Å². The molecule has 0 bridgehead atoms. The lowest BCUT2D eigenvalue weighted by Gasteiger charge is -2.43. The average Bonchev–Trinajstić information content (AvgIpc) is 2.37. The normalized spacial score (nSPS) is 19.5. The number of likely N-dealkylation sites (N-methyl/N-ethyl adjacent to an activating group) is 2. The van der Waals surface area contributed by atoms with Crippen LogP contribution in [0.5, 0.6) is 0 Å². The minimum Gasteiger partial charge on any atom is -0.379 e. The van der Waals surface area contributed by atoms with Gasteiger partial charge >= 0.3 is 0 Å². The quantitative estimate of drug-likeness (QED) is 0.730. The molecular weight excluding hydrogens is 242 g/mol. The zero-order valence-corrected chi connectivity index (χ0v) is 13.3. The number of ether oxygens (including phenoxy) is 1. The van der Waals surface area contributed by atoms with Gasteiger partial charge in [0, 0.05) is 39.3 Å². The number of morpholine rings is 1. The van der Waals surface area contributed by atoms with Crippen LogP contribution in [0.3, 0.4) is 0 Å². The van der Waals surface area contributed by atoms with E-state index >= 15 is 0 Å². The highest BCUT2D eigenvalue weighted by Crippen LogP contribution is 2.18. The molecule has 0 aromatic rings. The van der Waals surface area contributed by atoms with Gasteiger partial charge in [0.05, 0.1) is 19.3 Å². The van der Waals surface area contributed by atoms with E-state index in [-0.39, 0.29) is 17.5 Å². The van der Waals surface area contributed by atoms with Crippen molar-refractivity contribution in [2.75, 3.05) is 54.0 Å². The zero-order valence-electron chi connectivity index (χ0n) is 13.3. The van der Waals surface area contributed by atoms with E-state index < -0.39 is 0 Å². The second-order valence-corrected chi connectivity index (χ2v) is 6.24. The highest BCUT2D eigenvalue weighted by molar-refractivity contribution is 5.80. The summed E-state index contributed by atoms with van der Waals surface area (Å²) in [6.45, 7) is 10.9. The molecule has 0 spiro atoms. The highest BCUT2D eigenvalue weighted by Gasteiger charge is 2.32. The van der Waals surface area contributed by atoms with Gasteiger partial charge in [0.15, 0.2) is 0 Å². The van der Waals surface area contributed by atoms with Crippen molar-refractivity contribution in [1.82, 2.24) is 14.7 Å². The predicted octanol–water partition coefficient (Wildman–Crippen LogP) is 0.506. The topological polar surface area (TPSA) is 36.0 Å². The van der Waals surface area contributed by atoms with E-state index in [4.69, 9.17) is 4.74 Å². The van der Waals surface area contributed by atoms with Gasteiger partial charge in [-0.05, 0) is 27.8 Å². The molecular formula is C14H29N3O2. The molecule has 1 aliphatic rings. The third kappa shape index (κ3) is 4.44. The summed E-state index contributed by atoms with van der Waals surface area (Å²) in [6, 6.07) is -0.0877. The van der Waals surface area contributed by atoms with Crippen LogP contribution in [0.25, 0.3) is 0 Å². The standard InChI is InChI=1S/C14H29N3O2/c1-12(13(18)15(4)5)16(6)11-14(2,3)17-7-9-19-10-8-17/h12H,7-11H2,1-6H3/t12-/m0/s1. The first kappa shape index (κ1) is 16.4. The van der Waals surface area contributed by atoms with Crippen LogP contribution in [-0.4, -0.2) is 86.2 Å². The summed E-state index contributed by atoms with van der Waals surface area (Å²) in [5.74, 6) is 0.153. The van der Waals surface area contributed by atoms with Crippen LogP contribution in [0.15, 0.2) is 0 Å². The van der Waals surface area contributed by atoms with Crippen LogP contribution in [-0.2, 0) is 9.53 Å². The zero-order chi connectivity index (χ0) is 14.6. The fraction of sp³-hybridized carbons (Fsp3) is 0.929. The number of nitrogens with zero attached hydrogens (tertiary/aromatic N) is 3. The van der Waals surface area contributed by atoms with Crippen LogP contribution in [0, 0.1) is 0 Å². The van der Waals surface area contributed by atoms with Gasteiger partial charge < -0.3 is 9.64 Å². The molecule has 112 valence electrons. The molecule has 0 aromatic heterocycles. The molecule has 0 N–H and O–H groups in total. The van der Waals surface area contributed by atoms with Crippen LogP contribution in [0.2, 0.25) is 0 Å².